The molecule has 1 aromatic heterocycles. The van der Waals surface area contributed by atoms with Crippen LogP contribution >= 0.6 is 0 Å². The molecule has 2 heterocycles. The predicted molar refractivity (Wildman–Crippen MR) is 112 cm³/mol. The summed E-state index contributed by atoms with van der Waals surface area (Å²) in [5.41, 5.74) is 0.713. The predicted octanol–water partition coefficient (Wildman–Crippen LogP) is 4.20. The van der Waals surface area contributed by atoms with Crippen molar-refractivity contribution in [3.8, 4) is 5.75 Å². The van der Waals surface area contributed by atoms with E-state index >= 15 is 0 Å². The molecule has 1 atom stereocenters. The lowest BCUT2D eigenvalue weighted by Crippen LogP contribution is -2.42. The zero-order valence-corrected chi connectivity index (χ0v) is 18.1. The minimum atomic E-state index is -0.486. The fourth-order valence-electron chi connectivity index (χ4n) is 4.37. The van der Waals surface area contributed by atoms with Gasteiger partial charge in [-0.2, -0.15) is 0 Å². The van der Waals surface area contributed by atoms with Gasteiger partial charge in [0.05, 0.1) is 12.2 Å². The number of rotatable bonds is 6. The number of nitrogens with zero attached hydrogens (tertiary/aromatic N) is 2. The lowest BCUT2D eigenvalue weighted by atomic mass is 9.80. The van der Waals surface area contributed by atoms with Gasteiger partial charge in [-0.25, -0.2) is 4.79 Å². The van der Waals surface area contributed by atoms with Gasteiger partial charge in [-0.05, 0) is 89.2 Å². The average molecular weight is 405 g/mol. The van der Waals surface area contributed by atoms with Crippen LogP contribution in [0.1, 0.15) is 64.9 Å². The first-order valence-corrected chi connectivity index (χ1v) is 11.0. The molecule has 1 aromatic rings. The summed E-state index contributed by atoms with van der Waals surface area (Å²) in [4.78, 5) is 18.6. The molecule has 6 nitrogen and oxygen atoms in total. The standard InChI is InChI=1S/C23H36N2O4/c1-23(2,3)29-22(27)25-10-4-5-20(25)16-28-21-12-19(13-24-14-21)11-17-6-8-18(15-26)9-7-17/h12-14,17-18,20,26H,4-11,15-16H2,1-3H3/t17?,18?,20-/m0/s1. The van der Waals surface area contributed by atoms with E-state index in [1.165, 1.54) is 18.4 Å². The van der Waals surface area contributed by atoms with Crippen molar-refractivity contribution in [3.05, 3.63) is 24.0 Å². The number of carbonyl (C=O) groups excluding carboxylic acids is 1. The first-order valence-electron chi connectivity index (χ1n) is 11.0. The van der Waals surface area contributed by atoms with E-state index in [2.05, 4.69) is 11.1 Å². The van der Waals surface area contributed by atoms with Gasteiger partial charge in [0.2, 0.25) is 0 Å². The van der Waals surface area contributed by atoms with E-state index in [1.807, 2.05) is 27.0 Å². The number of ether oxygens (including phenoxy) is 2. The lowest BCUT2D eigenvalue weighted by molar-refractivity contribution is 0.0187. The van der Waals surface area contributed by atoms with E-state index in [0.29, 0.717) is 25.0 Å². The van der Waals surface area contributed by atoms with Gasteiger partial charge in [0, 0.05) is 19.3 Å². The van der Waals surface area contributed by atoms with Crippen molar-refractivity contribution in [1.29, 1.82) is 0 Å². The topological polar surface area (TPSA) is 71.9 Å². The van der Waals surface area contributed by atoms with E-state index in [9.17, 15) is 9.90 Å². The SMILES string of the molecule is CC(C)(C)OC(=O)N1CCC[C@H]1COc1cncc(CC2CCC(CO)CC2)c1. The van der Waals surface area contributed by atoms with Crippen molar-refractivity contribution in [2.24, 2.45) is 11.8 Å². The largest absolute Gasteiger partial charge is 0.490 e. The smallest absolute Gasteiger partial charge is 0.410 e. The minimum absolute atomic E-state index is 0.0438. The first-order chi connectivity index (χ1) is 13.8. The molecule has 0 spiro atoms. The second-order valence-electron chi connectivity index (χ2n) is 9.58. The van der Waals surface area contributed by atoms with E-state index in [0.717, 1.165) is 44.4 Å². The monoisotopic (exact) mass is 404 g/mol. The minimum Gasteiger partial charge on any atom is -0.490 e. The fraction of sp³-hybridized carbons (Fsp3) is 0.739. The van der Waals surface area contributed by atoms with Crippen LogP contribution in [0.5, 0.6) is 5.75 Å². The number of carbonyl (C=O) groups is 1. The summed E-state index contributed by atoms with van der Waals surface area (Å²) in [5, 5.41) is 9.30. The zero-order valence-electron chi connectivity index (χ0n) is 18.1. The van der Waals surface area contributed by atoms with Gasteiger partial charge < -0.3 is 19.5 Å². The third kappa shape index (κ3) is 6.59. The summed E-state index contributed by atoms with van der Waals surface area (Å²) in [6.45, 7) is 7.17. The van der Waals surface area contributed by atoms with Gasteiger partial charge in [0.25, 0.3) is 0 Å². The summed E-state index contributed by atoms with van der Waals surface area (Å²) in [7, 11) is 0. The Bertz CT molecular complexity index is 665. The zero-order chi connectivity index (χ0) is 20.9. The maximum Gasteiger partial charge on any atom is 0.410 e. The van der Waals surface area contributed by atoms with Gasteiger partial charge in [0.15, 0.2) is 0 Å². The van der Waals surface area contributed by atoms with Crippen LogP contribution < -0.4 is 4.74 Å². The maximum atomic E-state index is 12.4. The highest BCUT2D eigenvalue weighted by atomic mass is 16.6. The molecular weight excluding hydrogens is 368 g/mol. The van der Waals surface area contributed by atoms with Crippen molar-refractivity contribution in [2.75, 3.05) is 19.8 Å². The van der Waals surface area contributed by atoms with Crippen molar-refractivity contribution < 1.29 is 19.4 Å². The number of pyridine rings is 1. The van der Waals surface area contributed by atoms with E-state index in [4.69, 9.17) is 9.47 Å². The van der Waals surface area contributed by atoms with Crippen LogP contribution in [0.4, 0.5) is 4.79 Å². The molecule has 1 saturated carbocycles. The van der Waals surface area contributed by atoms with Crippen LogP contribution in [0.3, 0.4) is 0 Å². The molecule has 2 fully saturated rings. The third-order valence-corrected chi connectivity index (χ3v) is 5.97. The van der Waals surface area contributed by atoms with Crippen molar-refractivity contribution in [3.63, 3.8) is 0 Å². The summed E-state index contributed by atoms with van der Waals surface area (Å²) >= 11 is 0. The summed E-state index contributed by atoms with van der Waals surface area (Å²) in [6.07, 6.45) is 10.9. The van der Waals surface area contributed by atoms with E-state index < -0.39 is 5.60 Å². The number of hydrogen-bond donors (Lipinski definition) is 1. The molecule has 3 rings (SSSR count). The molecule has 1 amide bonds. The molecule has 2 aliphatic rings. The Labute approximate surface area is 174 Å². The van der Waals surface area contributed by atoms with Crippen LogP contribution in [0.15, 0.2) is 18.5 Å². The van der Waals surface area contributed by atoms with E-state index in [1.54, 1.807) is 11.1 Å². The molecule has 1 saturated heterocycles. The first kappa shape index (κ1) is 21.9. The molecule has 1 N–H and O–H groups in total. The molecule has 6 heteroatoms. The van der Waals surface area contributed by atoms with Crippen molar-refractivity contribution in [2.45, 2.75) is 77.4 Å². The molecular formula is C23H36N2O4. The summed E-state index contributed by atoms with van der Waals surface area (Å²) < 4.78 is 11.5. The Morgan fingerprint density at radius 1 is 1.17 bits per heavy atom. The summed E-state index contributed by atoms with van der Waals surface area (Å²) in [5.74, 6) is 1.91. The molecule has 1 aliphatic heterocycles. The van der Waals surface area contributed by atoms with Crippen LogP contribution in [0, 0.1) is 11.8 Å². The van der Waals surface area contributed by atoms with Gasteiger partial charge in [-0.3, -0.25) is 4.98 Å². The Balaban J connectivity index is 1.50. The van der Waals surface area contributed by atoms with Crippen LogP contribution in [-0.2, 0) is 11.2 Å². The normalized spacial score (nSPS) is 25.1. The molecule has 0 aromatic carbocycles. The highest BCUT2D eigenvalue weighted by molar-refractivity contribution is 5.69. The number of aliphatic hydroxyl groups is 1. The Hall–Kier alpha value is -1.82. The Morgan fingerprint density at radius 2 is 1.90 bits per heavy atom. The highest BCUT2D eigenvalue weighted by Gasteiger charge is 2.32. The number of aromatic nitrogens is 1. The van der Waals surface area contributed by atoms with Crippen molar-refractivity contribution >= 4 is 6.09 Å². The number of aliphatic hydroxyl groups excluding tert-OH is 1. The number of hydrogen-bond acceptors (Lipinski definition) is 5. The summed E-state index contributed by atoms with van der Waals surface area (Å²) in [6, 6.07) is 2.13. The number of likely N-dealkylation sites (tertiary alicyclic amines) is 1. The van der Waals surface area contributed by atoms with Crippen molar-refractivity contribution in [1.82, 2.24) is 9.88 Å². The fourth-order valence-corrected chi connectivity index (χ4v) is 4.37. The Morgan fingerprint density at radius 3 is 2.59 bits per heavy atom. The average Bonchev–Trinajstić information content (AvgIpc) is 3.15. The Kier molecular flexibility index (Phi) is 7.38. The second kappa shape index (κ2) is 9.79. The second-order valence-corrected chi connectivity index (χ2v) is 9.58. The van der Waals surface area contributed by atoms with Gasteiger partial charge >= 0.3 is 6.09 Å². The quantitative estimate of drug-likeness (QED) is 0.769. The number of amides is 1. The van der Waals surface area contributed by atoms with Crippen LogP contribution in [0.2, 0.25) is 0 Å². The third-order valence-electron chi connectivity index (χ3n) is 5.97. The molecule has 29 heavy (non-hydrogen) atoms. The van der Waals surface area contributed by atoms with E-state index in [-0.39, 0.29) is 12.1 Å². The van der Waals surface area contributed by atoms with Crippen LogP contribution in [0.25, 0.3) is 0 Å². The van der Waals surface area contributed by atoms with Gasteiger partial charge in [0.1, 0.15) is 18.0 Å². The molecule has 162 valence electrons. The maximum absolute atomic E-state index is 12.4. The van der Waals surface area contributed by atoms with Gasteiger partial charge in [-0.1, -0.05) is 0 Å². The lowest BCUT2D eigenvalue weighted by Gasteiger charge is -2.28. The molecule has 1 aliphatic carbocycles. The van der Waals surface area contributed by atoms with Gasteiger partial charge in [-0.15, -0.1) is 0 Å². The molecule has 0 bridgehead atoms. The highest BCUT2D eigenvalue weighted by Crippen LogP contribution is 2.31. The molecule has 0 unspecified atom stereocenters. The van der Waals surface area contributed by atoms with Crippen LogP contribution in [-0.4, -0.2) is 52.5 Å². The molecule has 0 radical (unpaired) electrons.